The maximum atomic E-state index is 11.9. The molecule has 0 aliphatic rings. The molecule has 1 heterocycles. The Labute approximate surface area is 120 Å². The van der Waals surface area contributed by atoms with Gasteiger partial charge < -0.3 is 15.4 Å². The van der Waals surface area contributed by atoms with Crippen molar-refractivity contribution in [2.45, 2.75) is 26.7 Å². The third-order valence-corrected chi connectivity index (χ3v) is 2.74. The minimum Gasteiger partial charge on any atom is -0.385 e. The number of carbonyl (C=O) groups excluding carboxylic acids is 1. The van der Waals surface area contributed by atoms with Gasteiger partial charge in [0.1, 0.15) is 17.8 Å². The maximum absolute atomic E-state index is 11.9. The number of anilines is 1. The molecule has 1 rings (SSSR count). The first-order valence-corrected chi connectivity index (χ1v) is 6.96. The largest absolute Gasteiger partial charge is 0.385 e. The lowest BCUT2D eigenvalue weighted by Gasteiger charge is -2.08. The van der Waals surface area contributed by atoms with Gasteiger partial charge in [0.15, 0.2) is 0 Å². The highest BCUT2D eigenvalue weighted by Gasteiger charge is 2.07. The summed E-state index contributed by atoms with van der Waals surface area (Å²) in [4.78, 5) is 20.0. The molecule has 0 atom stereocenters. The van der Waals surface area contributed by atoms with Crippen LogP contribution in [0, 0.1) is 5.92 Å². The molecule has 6 nitrogen and oxygen atoms in total. The molecule has 0 saturated carbocycles. The highest BCUT2D eigenvalue weighted by Crippen LogP contribution is 2.06. The first-order chi connectivity index (χ1) is 9.63. The summed E-state index contributed by atoms with van der Waals surface area (Å²) in [6.07, 6.45) is 3.25. The zero-order valence-electron chi connectivity index (χ0n) is 12.5. The summed E-state index contributed by atoms with van der Waals surface area (Å²) in [5.41, 5.74) is 0.379. The van der Waals surface area contributed by atoms with Gasteiger partial charge in [-0.15, -0.1) is 0 Å². The molecule has 20 heavy (non-hydrogen) atoms. The average Bonchev–Trinajstić information content (AvgIpc) is 2.43. The van der Waals surface area contributed by atoms with Crippen LogP contribution in [0.1, 0.15) is 37.2 Å². The molecule has 0 aliphatic carbocycles. The zero-order chi connectivity index (χ0) is 14.8. The van der Waals surface area contributed by atoms with E-state index in [0.717, 1.165) is 19.4 Å². The van der Waals surface area contributed by atoms with Crippen LogP contribution in [-0.2, 0) is 4.74 Å². The lowest BCUT2D eigenvalue weighted by molar-refractivity contribution is 0.0943. The number of nitrogens with one attached hydrogen (secondary N) is 2. The van der Waals surface area contributed by atoms with E-state index in [2.05, 4.69) is 34.4 Å². The van der Waals surface area contributed by atoms with Gasteiger partial charge in [0.2, 0.25) is 0 Å². The van der Waals surface area contributed by atoms with E-state index in [1.165, 1.54) is 6.33 Å². The molecule has 112 valence electrons. The van der Waals surface area contributed by atoms with E-state index >= 15 is 0 Å². The molecule has 0 bridgehead atoms. The smallest absolute Gasteiger partial charge is 0.270 e. The van der Waals surface area contributed by atoms with Crippen molar-refractivity contribution in [2.75, 3.05) is 32.1 Å². The minimum atomic E-state index is -0.185. The predicted octanol–water partition coefficient (Wildman–Crippen LogP) is 1.70. The van der Waals surface area contributed by atoms with Gasteiger partial charge in [-0.3, -0.25) is 4.79 Å². The van der Waals surface area contributed by atoms with Crippen LogP contribution in [0.15, 0.2) is 12.4 Å². The highest BCUT2D eigenvalue weighted by atomic mass is 16.5. The van der Waals surface area contributed by atoms with Crippen LogP contribution in [0.25, 0.3) is 0 Å². The van der Waals surface area contributed by atoms with Crippen LogP contribution < -0.4 is 10.6 Å². The molecule has 1 amide bonds. The summed E-state index contributed by atoms with van der Waals surface area (Å²) in [5, 5.41) is 5.99. The molecule has 0 unspecified atom stereocenters. The predicted molar refractivity (Wildman–Crippen MR) is 78.8 cm³/mol. The molecule has 1 aromatic heterocycles. The monoisotopic (exact) mass is 280 g/mol. The third kappa shape index (κ3) is 6.47. The molecule has 6 heteroatoms. The molecular weight excluding hydrogens is 256 g/mol. The molecule has 0 spiro atoms. The number of methoxy groups -OCH3 is 1. The van der Waals surface area contributed by atoms with Gasteiger partial charge >= 0.3 is 0 Å². The number of hydrogen-bond donors (Lipinski definition) is 2. The summed E-state index contributed by atoms with van der Waals surface area (Å²) in [5.74, 6) is 1.13. The number of amides is 1. The van der Waals surface area contributed by atoms with Crippen LogP contribution in [0.5, 0.6) is 0 Å². The Hall–Kier alpha value is -1.69. The van der Waals surface area contributed by atoms with E-state index in [4.69, 9.17) is 4.74 Å². The zero-order valence-corrected chi connectivity index (χ0v) is 12.5. The Kier molecular flexibility index (Phi) is 7.57. The maximum Gasteiger partial charge on any atom is 0.270 e. The first-order valence-electron chi connectivity index (χ1n) is 6.96. The van der Waals surface area contributed by atoms with Crippen LogP contribution in [-0.4, -0.2) is 42.7 Å². The Morgan fingerprint density at radius 3 is 2.85 bits per heavy atom. The van der Waals surface area contributed by atoms with Gasteiger partial charge in [-0.25, -0.2) is 9.97 Å². The summed E-state index contributed by atoms with van der Waals surface area (Å²) < 4.78 is 4.93. The van der Waals surface area contributed by atoms with Crippen LogP contribution >= 0.6 is 0 Å². The molecule has 0 aliphatic heterocycles. The standard InChI is InChI=1S/C14H24N4O2/c1-11(2)5-7-15-13-9-12(17-10-18-13)14(19)16-6-4-8-20-3/h9-11H,4-8H2,1-3H3,(H,16,19)(H,15,17,18). The quantitative estimate of drug-likeness (QED) is 0.673. The van der Waals surface area contributed by atoms with E-state index in [9.17, 15) is 4.79 Å². The normalized spacial score (nSPS) is 10.6. The van der Waals surface area contributed by atoms with Crippen molar-refractivity contribution < 1.29 is 9.53 Å². The third-order valence-electron chi connectivity index (χ3n) is 2.74. The second-order valence-electron chi connectivity index (χ2n) is 5.00. The summed E-state index contributed by atoms with van der Waals surface area (Å²) in [7, 11) is 1.64. The fraction of sp³-hybridized carbons (Fsp3) is 0.643. The van der Waals surface area contributed by atoms with Crippen LogP contribution in [0.3, 0.4) is 0 Å². The van der Waals surface area contributed by atoms with E-state index in [0.29, 0.717) is 30.6 Å². The number of rotatable bonds is 9. The molecule has 0 aromatic carbocycles. The van der Waals surface area contributed by atoms with Crippen molar-refractivity contribution in [3.05, 3.63) is 18.1 Å². The Morgan fingerprint density at radius 1 is 1.35 bits per heavy atom. The highest BCUT2D eigenvalue weighted by molar-refractivity contribution is 5.92. The number of aromatic nitrogens is 2. The molecule has 2 N–H and O–H groups in total. The lowest BCUT2D eigenvalue weighted by atomic mass is 10.1. The van der Waals surface area contributed by atoms with Crippen molar-refractivity contribution >= 4 is 11.7 Å². The second-order valence-corrected chi connectivity index (χ2v) is 5.00. The van der Waals surface area contributed by atoms with Gasteiger partial charge in [0, 0.05) is 32.9 Å². The first kappa shape index (κ1) is 16.4. The fourth-order valence-electron chi connectivity index (χ4n) is 1.58. The van der Waals surface area contributed by atoms with Crippen molar-refractivity contribution in [3.63, 3.8) is 0 Å². The lowest BCUT2D eigenvalue weighted by Crippen LogP contribution is -2.26. The van der Waals surface area contributed by atoms with Crippen LogP contribution in [0.2, 0.25) is 0 Å². The Bertz CT molecular complexity index is 410. The molecule has 0 saturated heterocycles. The van der Waals surface area contributed by atoms with Crippen molar-refractivity contribution in [1.82, 2.24) is 15.3 Å². The Morgan fingerprint density at radius 2 is 2.15 bits per heavy atom. The fourth-order valence-corrected chi connectivity index (χ4v) is 1.58. The topological polar surface area (TPSA) is 76.1 Å². The van der Waals surface area contributed by atoms with Gasteiger partial charge in [-0.1, -0.05) is 13.8 Å². The number of carbonyl (C=O) groups is 1. The van der Waals surface area contributed by atoms with Gasteiger partial charge in [0.05, 0.1) is 0 Å². The van der Waals surface area contributed by atoms with E-state index in [1.807, 2.05) is 0 Å². The van der Waals surface area contributed by atoms with Gasteiger partial charge in [0.25, 0.3) is 5.91 Å². The van der Waals surface area contributed by atoms with Gasteiger partial charge in [-0.05, 0) is 18.8 Å². The van der Waals surface area contributed by atoms with E-state index in [-0.39, 0.29) is 5.91 Å². The van der Waals surface area contributed by atoms with Crippen LogP contribution in [0.4, 0.5) is 5.82 Å². The van der Waals surface area contributed by atoms with Crippen molar-refractivity contribution in [3.8, 4) is 0 Å². The van der Waals surface area contributed by atoms with E-state index in [1.54, 1.807) is 13.2 Å². The SMILES string of the molecule is COCCCNC(=O)c1cc(NCCC(C)C)ncn1. The van der Waals surface area contributed by atoms with Crippen molar-refractivity contribution in [1.29, 1.82) is 0 Å². The Balaban J connectivity index is 2.43. The summed E-state index contributed by atoms with van der Waals surface area (Å²) in [6.45, 7) is 6.38. The summed E-state index contributed by atoms with van der Waals surface area (Å²) >= 11 is 0. The minimum absolute atomic E-state index is 0.185. The number of nitrogens with zero attached hydrogens (tertiary/aromatic N) is 2. The number of ether oxygens (including phenoxy) is 1. The van der Waals surface area contributed by atoms with E-state index < -0.39 is 0 Å². The van der Waals surface area contributed by atoms with Crippen molar-refractivity contribution in [2.24, 2.45) is 5.92 Å². The number of hydrogen-bond acceptors (Lipinski definition) is 5. The molecule has 1 aromatic rings. The molecular formula is C14H24N4O2. The second kappa shape index (κ2) is 9.25. The molecule has 0 fully saturated rings. The summed E-state index contributed by atoms with van der Waals surface area (Å²) in [6, 6.07) is 1.67. The average molecular weight is 280 g/mol. The molecule has 0 radical (unpaired) electrons. The van der Waals surface area contributed by atoms with Gasteiger partial charge in [-0.2, -0.15) is 0 Å².